The zero-order valence-corrected chi connectivity index (χ0v) is 15.1. The molecule has 0 fully saturated rings. The van der Waals surface area contributed by atoms with E-state index in [-0.39, 0.29) is 35.7 Å². The van der Waals surface area contributed by atoms with Crippen molar-refractivity contribution in [2.24, 2.45) is 11.7 Å². The molecule has 6 heteroatoms. The molecule has 0 saturated heterocycles. The standard InChI is InChI=1S/C15H22Cl2N2O.ClH/c1-9(10(2)18)14(20)19-8-15(3,4)13-11(16)6-5-7-12(13)17;/h5-7,9-10H,8,18H2,1-4H3,(H,19,20);1H. The largest absolute Gasteiger partial charge is 0.355 e. The molecule has 1 amide bonds. The van der Waals surface area contributed by atoms with Crippen molar-refractivity contribution in [3.8, 4) is 0 Å². The topological polar surface area (TPSA) is 55.1 Å². The van der Waals surface area contributed by atoms with Gasteiger partial charge in [0.05, 0.1) is 0 Å². The number of hydrogen-bond acceptors (Lipinski definition) is 2. The molecule has 0 aliphatic carbocycles. The number of benzene rings is 1. The van der Waals surface area contributed by atoms with Crippen molar-refractivity contribution in [1.29, 1.82) is 0 Å². The Labute approximate surface area is 143 Å². The third-order valence-corrected chi connectivity index (χ3v) is 4.18. The van der Waals surface area contributed by atoms with Crippen LogP contribution in [0.15, 0.2) is 18.2 Å². The molecule has 2 unspecified atom stereocenters. The molecule has 0 spiro atoms. The van der Waals surface area contributed by atoms with Crippen LogP contribution in [0, 0.1) is 5.92 Å². The maximum Gasteiger partial charge on any atom is 0.224 e. The maximum atomic E-state index is 12.0. The summed E-state index contributed by atoms with van der Waals surface area (Å²) in [7, 11) is 0. The van der Waals surface area contributed by atoms with Gasteiger partial charge in [-0.05, 0) is 24.6 Å². The molecule has 1 aromatic carbocycles. The lowest BCUT2D eigenvalue weighted by molar-refractivity contribution is -0.125. The summed E-state index contributed by atoms with van der Waals surface area (Å²) in [6, 6.07) is 5.23. The minimum Gasteiger partial charge on any atom is -0.355 e. The normalized spacial score (nSPS) is 14.0. The number of amides is 1. The summed E-state index contributed by atoms with van der Waals surface area (Å²) in [6.07, 6.45) is 0. The smallest absolute Gasteiger partial charge is 0.224 e. The van der Waals surface area contributed by atoms with Crippen molar-refractivity contribution in [1.82, 2.24) is 5.32 Å². The third-order valence-electron chi connectivity index (χ3n) is 3.55. The Morgan fingerprint density at radius 2 is 1.76 bits per heavy atom. The quantitative estimate of drug-likeness (QED) is 0.846. The number of hydrogen-bond donors (Lipinski definition) is 2. The first-order chi connectivity index (χ1) is 9.16. The molecule has 0 aromatic heterocycles. The van der Waals surface area contributed by atoms with E-state index in [1.807, 2.05) is 27.7 Å². The van der Waals surface area contributed by atoms with E-state index in [1.54, 1.807) is 18.2 Å². The minimum atomic E-state index is -0.358. The van der Waals surface area contributed by atoms with Crippen molar-refractivity contribution in [2.75, 3.05) is 6.54 Å². The van der Waals surface area contributed by atoms with Gasteiger partial charge in [-0.3, -0.25) is 4.79 Å². The molecule has 0 aliphatic rings. The molecule has 2 atom stereocenters. The van der Waals surface area contributed by atoms with Gasteiger partial charge in [0.1, 0.15) is 0 Å². The number of nitrogens with one attached hydrogen (secondary N) is 1. The average Bonchev–Trinajstić information content (AvgIpc) is 2.34. The van der Waals surface area contributed by atoms with Gasteiger partial charge >= 0.3 is 0 Å². The van der Waals surface area contributed by atoms with Gasteiger partial charge in [0.15, 0.2) is 0 Å². The zero-order chi connectivity index (χ0) is 15.5. The van der Waals surface area contributed by atoms with E-state index in [9.17, 15) is 4.79 Å². The van der Waals surface area contributed by atoms with E-state index < -0.39 is 0 Å². The highest BCUT2D eigenvalue weighted by atomic mass is 35.5. The fraction of sp³-hybridized carbons (Fsp3) is 0.533. The van der Waals surface area contributed by atoms with Crippen LogP contribution in [0.25, 0.3) is 0 Å². The van der Waals surface area contributed by atoms with Crippen molar-refractivity contribution in [3.05, 3.63) is 33.8 Å². The molecule has 0 aliphatic heterocycles. The molecule has 1 aromatic rings. The molecule has 0 bridgehead atoms. The molecular weight excluding hydrogens is 331 g/mol. The summed E-state index contributed by atoms with van der Waals surface area (Å²) in [6.45, 7) is 8.08. The second-order valence-electron chi connectivity index (χ2n) is 5.85. The Bertz CT molecular complexity index is 470. The number of halogens is 3. The molecular formula is C15H23Cl3N2O. The van der Waals surface area contributed by atoms with E-state index in [4.69, 9.17) is 28.9 Å². The first kappa shape index (κ1) is 20.5. The van der Waals surface area contributed by atoms with Crippen molar-refractivity contribution >= 4 is 41.5 Å². The summed E-state index contributed by atoms with van der Waals surface area (Å²) in [4.78, 5) is 12.0. The van der Waals surface area contributed by atoms with Crippen LogP contribution in [0.5, 0.6) is 0 Å². The average molecular weight is 354 g/mol. The molecule has 3 N–H and O–H groups in total. The number of rotatable bonds is 5. The zero-order valence-electron chi connectivity index (χ0n) is 12.7. The monoisotopic (exact) mass is 352 g/mol. The highest BCUT2D eigenvalue weighted by molar-refractivity contribution is 6.36. The SMILES string of the molecule is CC(N)C(C)C(=O)NCC(C)(C)c1c(Cl)cccc1Cl.Cl. The van der Waals surface area contributed by atoms with E-state index in [0.717, 1.165) is 5.56 Å². The maximum absolute atomic E-state index is 12.0. The summed E-state index contributed by atoms with van der Waals surface area (Å²) < 4.78 is 0. The molecule has 120 valence electrons. The van der Waals surface area contributed by atoms with Gasteiger partial charge in [-0.25, -0.2) is 0 Å². The van der Waals surface area contributed by atoms with Crippen LogP contribution in [0.4, 0.5) is 0 Å². The van der Waals surface area contributed by atoms with Crippen molar-refractivity contribution in [3.63, 3.8) is 0 Å². The summed E-state index contributed by atoms with van der Waals surface area (Å²) in [5.74, 6) is -0.288. The van der Waals surface area contributed by atoms with Gasteiger partial charge in [-0.15, -0.1) is 12.4 Å². The van der Waals surface area contributed by atoms with Crippen LogP contribution >= 0.6 is 35.6 Å². The van der Waals surface area contributed by atoms with Crippen LogP contribution in [-0.4, -0.2) is 18.5 Å². The van der Waals surface area contributed by atoms with Gasteiger partial charge in [0, 0.05) is 34.0 Å². The Morgan fingerprint density at radius 1 is 1.29 bits per heavy atom. The summed E-state index contributed by atoms with van der Waals surface area (Å²) >= 11 is 12.5. The highest BCUT2D eigenvalue weighted by Gasteiger charge is 2.27. The van der Waals surface area contributed by atoms with Gasteiger partial charge in [-0.2, -0.15) is 0 Å². The van der Waals surface area contributed by atoms with Gasteiger partial charge in [0.2, 0.25) is 5.91 Å². The molecule has 3 nitrogen and oxygen atoms in total. The van der Waals surface area contributed by atoms with Crippen molar-refractivity contribution < 1.29 is 4.79 Å². The van der Waals surface area contributed by atoms with E-state index >= 15 is 0 Å². The van der Waals surface area contributed by atoms with Crippen LogP contribution in [0.2, 0.25) is 10.0 Å². The van der Waals surface area contributed by atoms with Gasteiger partial charge in [0.25, 0.3) is 0 Å². The van der Waals surface area contributed by atoms with Crippen molar-refractivity contribution in [2.45, 2.75) is 39.2 Å². The number of carbonyl (C=O) groups is 1. The number of carbonyl (C=O) groups excluding carboxylic acids is 1. The second kappa shape index (κ2) is 8.23. The Kier molecular flexibility index (Phi) is 8.04. The van der Waals surface area contributed by atoms with Crippen LogP contribution < -0.4 is 11.1 Å². The molecule has 1 rings (SSSR count). The lowest BCUT2D eigenvalue weighted by Gasteiger charge is -2.28. The molecule has 0 radical (unpaired) electrons. The Hall–Kier alpha value is -0.480. The van der Waals surface area contributed by atoms with Crippen LogP contribution in [-0.2, 0) is 10.2 Å². The predicted molar refractivity (Wildman–Crippen MR) is 92.6 cm³/mol. The number of nitrogens with two attached hydrogens (primary N) is 1. The molecule has 0 saturated carbocycles. The first-order valence-electron chi connectivity index (χ1n) is 6.64. The summed E-state index contributed by atoms with van der Waals surface area (Å²) in [5.41, 5.74) is 6.22. The Morgan fingerprint density at radius 3 is 2.19 bits per heavy atom. The predicted octanol–water partition coefficient (Wildman–Crippen LogP) is 3.79. The third kappa shape index (κ3) is 5.33. The lowest BCUT2D eigenvalue weighted by atomic mass is 9.84. The Balaban J connectivity index is 0.00000400. The lowest BCUT2D eigenvalue weighted by Crippen LogP contribution is -2.43. The second-order valence-corrected chi connectivity index (χ2v) is 6.66. The fourth-order valence-corrected chi connectivity index (χ4v) is 2.85. The molecule has 21 heavy (non-hydrogen) atoms. The minimum absolute atomic E-state index is 0. The van der Waals surface area contributed by atoms with E-state index in [1.165, 1.54) is 0 Å². The van der Waals surface area contributed by atoms with Gasteiger partial charge < -0.3 is 11.1 Å². The fourth-order valence-electron chi connectivity index (χ4n) is 1.94. The molecule has 0 heterocycles. The van der Waals surface area contributed by atoms with Crippen LogP contribution in [0.3, 0.4) is 0 Å². The van der Waals surface area contributed by atoms with Crippen LogP contribution in [0.1, 0.15) is 33.3 Å². The first-order valence-corrected chi connectivity index (χ1v) is 7.40. The summed E-state index contributed by atoms with van der Waals surface area (Å²) in [5, 5.41) is 4.14. The van der Waals surface area contributed by atoms with E-state index in [0.29, 0.717) is 16.6 Å². The van der Waals surface area contributed by atoms with E-state index in [2.05, 4.69) is 5.32 Å². The van der Waals surface area contributed by atoms with Gasteiger partial charge in [-0.1, -0.05) is 50.0 Å². The highest BCUT2D eigenvalue weighted by Crippen LogP contribution is 2.35.